The molecule has 0 spiro atoms. The van der Waals surface area contributed by atoms with Crippen LogP contribution in [-0.2, 0) is 4.79 Å². The van der Waals surface area contributed by atoms with Crippen LogP contribution in [0.3, 0.4) is 0 Å². The molecule has 0 saturated heterocycles. The van der Waals surface area contributed by atoms with Gasteiger partial charge in [0, 0.05) is 18.0 Å². The molecule has 0 amide bonds. The van der Waals surface area contributed by atoms with Crippen LogP contribution >= 0.6 is 0 Å². The van der Waals surface area contributed by atoms with Crippen molar-refractivity contribution in [2.24, 2.45) is 5.92 Å². The highest BCUT2D eigenvalue weighted by atomic mass is 16.1. The van der Waals surface area contributed by atoms with Gasteiger partial charge in [0.05, 0.1) is 12.0 Å². The average molecular weight is 406 g/mol. The number of hydrogen-bond donors (Lipinski definition) is 1. The van der Waals surface area contributed by atoms with Gasteiger partial charge in [-0.25, -0.2) is 4.68 Å². The van der Waals surface area contributed by atoms with Crippen LogP contribution in [0, 0.1) is 12.8 Å². The van der Waals surface area contributed by atoms with Crippen molar-refractivity contribution in [3.05, 3.63) is 102 Å². The maximum atomic E-state index is 13.6. The number of carbonyl (C=O) groups is 1. The highest BCUT2D eigenvalue weighted by Crippen LogP contribution is 2.45. The van der Waals surface area contributed by atoms with Crippen LogP contribution < -0.4 is 5.32 Å². The molecular formula is C26H22N4O. The smallest absolute Gasteiger partial charge is 0.226 e. The van der Waals surface area contributed by atoms with Gasteiger partial charge in [-0.1, -0.05) is 72.8 Å². The molecule has 5 heteroatoms. The van der Waals surface area contributed by atoms with Gasteiger partial charge in [-0.3, -0.25) is 4.79 Å². The number of carbonyl (C=O) groups excluding carboxylic acids is 1. The highest BCUT2D eigenvalue weighted by Gasteiger charge is 2.43. The van der Waals surface area contributed by atoms with E-state index in [2.05, 4.69) is 70.9 Å². The summed E-state index contributed by atoms with van der Waals surface area (Å²) >= 11 is 0. The van der Waals surface area contributed by atoms with Crippen molar-refractivity contribution >= 4 is 22.5 Å². The van der Waals surface area contributed by atoms with Crippen molar-refractivity contribution in [1.29, 1.82) is 0 Å². The van der Waals surface area contributed by atoms with E-state index in [1.807, 2.05) is 28.9 Å². The molecule has 1 N–H and O–H groups in total. The Morgan fingerprint density at radius 2 is 1.74 bits per heavy atom. The molecule has 0 fully saturated rings. The van der Waals surface area contributed by atoms with E-state index in [4.69, 9.17) is 0 Å². The minimum absolute atomic E-state index is 0.0649. The van der Waals surface area contributed by atoms with E-state index in [9.17, 15) is 4.79 Å². The number of aryl methyl sites for hydroxylation is 1. The lowest BCUT2D eigenvalue weighted by Crippen LogP contribution is -2.40. The summed E-state index contributed by atoms with van der Waals surface area (Å²) in [5, 5.41) is 10.2. The number of aromatic nitrogens is 3. The second kappa shape index (κ2) is 6.91. The molecule has 1 aliphatic heterocycles. The Morgan fingerprint density at radius 1 is 0.968 bits per heavy atom. The molecule has 0 unspecified atom stereocenters. The molecule has 0 radical (unpaired) electrons. The van der Waals surface area contributed by atoms with Gasteiger partial charge in [-0.15, -0.1) is 0 Å². The summed E-state index contributed by atoms with van der Waals surface area (Å²) in [6.45, 7) is 2.11. The molecule has 2 heterocycles. The number of nitrogens with zero attached hydrogens (tertiary/aromatic N) is 3. The Balaban J connectivity index is 1.53. The number of benzene rings is 3. The molecule has 31 heavy (non-hydrogen) atoms. The fourth-order valence-corrected chi connectivity index (χ4v) is 5.20. The minimum atomic E-state index is -0.305. The number of nitrogens with one attached hydrogen (secondary N) is 1. The van der Waals surface area contributed by atoms with E-state index < -0.39 is 0 Å². The number of allylic oxidation sites excluding steroid dienone is 2. The van der Waals surface area contributed by atoms with Gasteiger partial charge in [0.1, 0.15) is 12.1 Å². The van der Waals surface area contributed by atoms with Crippen molar-refractivity contribution in [2.45, 2.75) is 25.3 Å². The maximum absolute atomic E-state index is 13.6. The Labute approximate surface area is 180 Å². The molecule has 6 rings (SSSR count). The molecule has 3 aromatic carbocycles. The third-order valence-corrected chi connectivity index (χ3v) is 6.62. The fraction of sp³-hybridized carbons (Fsp3) is 0.192. The predicted molar refractivity (Wildman–Crippen MR) is 121 cm³/mol. The van der Waals surface area contributed by atoms with Gasteiger partial charge < -0.3 is 5.32 Å². The van der Waals surface area contributed by atoms with Crippen molar-refractivity contribution in [2.75, 3.05) is 5.32 Å². The first-order chi connectivity index (χ1) is 15.2. The first-order valence-corrected chi connectivity index (χ1v) is 10.6. The van der Waals surface area contributed by atoms with Gasteiger partial charge in [0.2, 0.25) is 5.95 Å². The SMILES string of the molecule is Cc1ccccc1[C@@H]1C=C2Nc3ncnn3[C@H](c3cccc4ccccc34)[C@H]2C(=O)C1. The number of rotatable bonds is 2. The van der Waals surface area contributed by atoms with E-state index in [-0.39, 0.29) is 23.7 Å². The van der Waals surface area contributed by atoms with Gasteiger partial charge in [0.15, 0.2) is 0 Å². The summed E-state index contributed by atoms with van der Waals surface area (Å²) in [5.41, 5.74) is 4.45. The van der Waals surface area contributed by atoms with Crippen LogP contribution in [0.4, 0.5) is 5.95 Å². The summed E-state index contributed by atoms with van der Waals surface area (Å²) in [4.78, 5) is 18.1. The maximum Gasteiger partial charge on any atom is 0.226 e. The number of anilines is 1. The molecule has 0 bridgehead atoms. The standard InChI is InChI=1S/C26H22N4O/c1-16-7-2-4-10-19(16)18-13-22-24(23(31)14-18)25(30-26(29-22)27-15-28-30)21-12-6-9-17-8-3-5-11-20(17)21/h2-13,15,18,24-25H,14H2,1H3,(H,27,28,29)/t18-,24-,25-/m1/s1. The summed E-state index contributed by atoms with van der Waals surface area (Å²) < 4.78 is 1.87. The molecule has 1 aliphatic carbocycles. The highest BCUT2D eigenvalue weighted by molar-refractivity contribution is 5.91. The van der Waals surface area contributed by atoms with E-state index >= 15 is 0 Å². The van der Waals surface area contributed by atoms with Crippen LogP contribution in [0.25, 0.3) is 10.8 Å². The fourth-order valence-electron chi connectivity index (χ4n) is 5.20. The van der Waals surface area contributed by atoms with Crippen LogP contribution in [0.1, 0.15) is 35.1 Å². The zero-order valence-electron chi connectivity index (χ0n) is 17.2. The molecule has 0 saturated carbocycles. The van der Waals surface area contributed by atoms with Crippen LogP contribution in [0.2, 0.25) is 0 Å². The van der Waals surface area contributed by atoms with Gasteiger partial charge in [-0.05, 0) is 34.4 Å². The summed E-state index contributed by atoms with van der Waals surface area (Å²) in [5.74, 6) is 0.673. The Hall–Kier alpha value is -3.73. The Bertz CT molecular complexity index is 1350. The van der Waals surface area contributed by atoms with Crippen LogP contribution in [0.15, 0.2) is 84.8 Å². The quantitative estimate of drug-likeness (QED) is 0.508. The summed E-state index contributed by atoms with van der Waals surface area (Å²) in [7, 11) is 0. The van der Waals surface area contributed by atoms with Crippen LogP contribution in [-0.4, -0.2) is 20.5 Å². The second-order valence-corrected chi connectivity index (χ2v) is 8.40. The first-order valence-electron chi connectivity index (χ1n) is 10.6. The normalized spacial score (nSPS) is 22.4. The van der Waals surface area contributed by atoms with E-state index in [1.54, 1.807) is 6.33 Å². The van der Waals surface area contributed by atoms with Gasteiger partial charge in [0.25, 0.3) is 0 Å². The van der Waals surface area contributed by atoms with E-state index in [0.29, 0.717) is 12.4 Å². The lowest BCUT2D eigenvalue weighted by atomic mass is 9.74. The zero-order valence-corrected chi connectivity index (χ0v) is 17.2. The van der Waals surface area contributed by atoms with E-state index in [1.165, 1.54) is 11.1 Å². The Kier molecular flexibility index (Phi) is 4.03. The molecule has 2 aliphatic rings. The summed E-state index contributed by atoms with van der Waals surface area (Å²) in [6, 6.07) is 22.7. The van der Waals surface area contributed by atoms with Crippen molar-refractivity contribution in [3.8, 4) is 0 Å². The van der Waals surface area contributed by atoms with Gasteiger partial charge >= 0.3 is 0 Å². The van der Waals surface area contributed by atoms with Crippen molar-refractivity contribution in [3.63, 3.8) is 0 Å². The monoisotopic (exact) mass is 406 g/mol. The average Bonchev–Trinajstić information content (AvgIpc) is 3.26. The van der Waals surface area contributed by atoms with Crippen LogP contribution in [0.5, 0.6) is 0 Å². The predicted octanol–water partition coefficient (Wildman–Crippen LogP) is 5.01. The number of ketones is 1. The zero-order chi connectivity index (χ0) is 20.9. The van der Waals surface area contributed by atoms with Crippen molar-refractivity contribution in [1.82, 2.24) is 14.8 Å². The first kappa shape index (κ1) is 18.1. The molecule has 4 aromatic rings. The number of hydrogen-bond acceptors (Lipinski definition) is 4. The van der Waals surface area contributed by atoms with E-state index in [0.717, 1.165) is 22.0 Å². The molecule has 5 nitrogen and oxygen atoms in total. The minimum Gasteiger partial charge on any atom is -0.328 e. The topological polar surface area (TPSA) is 59.8 Å². The third kappa shape index (κ3) is 2.81. The van der Waals surface area contributed by atoms with Crippen molar-refractivity contribution < 1.29 is 4.79 Å². The lowest BCUT2D eigenvalue weighted by Gasteiger charge is -2.38. The molecular weight excluding hydrogens is 384 g/mol. The largest absolute Gasteiger partial charge is 0.328 e. The van der Waals surface area contributed by atoms with Gasteiger partial charge in [-0.2, -0.15) is 10.1 Å². The lowest BCUT2D eigenvalue weighted by molar-refractivity contribution is -0.123. The molecule has 152 valence electrons. The third-order valence-electron chi connectivity index (χ3n) is 6.62. The Morgan fingerprint density at radius 3 is 2.65 bits per heavy atom. The number of fused-ring (bicyclic) bond motifs is 3. The number of Topliss-reactive ketones (excluding diaryl/α,β-unsaturated/α-hetero) is 1. The summed E-state index contributed by atoms with van der Waals surface area (Å²) in [6.07, 6.45) is 4.28. The molecule has 1 aromatic heterocycles. The molecule has 3 atom stereocenters. The second-order valence-electron chi connectivity index (χ2n) is 8.40.